The molecule has 1 aliphatic rings. The van der Waals surface area contributed by atoms with E-state index >= 15 is 0 Å². The van der Waals surface area contributed by atoms with Crippen molar-refractivity contribution >= 4 is 10.0 Å². The molecule has 0 heterocycles. The highest BCUT2D eigenvalue weighted by Gasteiger charge is 2.22. The van der Waals surface area contributed by atoms with E-state index in [-0.39, 0.29) is 0 Å². The van der Waals surface area contributed by atoms with E-state index in [1.165, 1.54) is 12.8 Å². The van der Waals surface area contributed by atoms with E-state index in [1.807, 2.05) is 12.1 Å². The van der Waals surface area contributed by atoms with Gasteiger partial charge in [0.05, 0.1) is 4.90 Å². The van der Waals surface area contributed by atoms with Gasteiger partial charge in [0.2, 0.25) is 10.0 Å². The Balaban J connectivity index is 2.01. The minimum atomic E-state index is -3.39. The molecule has 0 unspecified atom stereocenters. The smallest absolute Gasteiger partial charge is 0.240 e. The summed E-state index contributed by atoms with van der Waals surface area (Å²) >= 11 is 0. The Morgan fingerprint density at radius 2 is 1.95 bits per heavy atom. The van der Waals surface area contributed by atoms with Crippen LogP contribution in [-0.4, -0.2) is 21.0 Å². The number of hydrogen-bond acceptors (Lipinski definition) is 3. The van der Waals surface area contributed by atoms with Crippen molar-refractivity contribution in [3.05, 3.63) is 29.8 Å². The summed E-state index contributed by atoms with van der Waals surface area (Å²) in [5.74, 6) is 0. The van der Waals surface area contributed by atoms with E-state index in [1.54, 1.807) is 12.1 Å². The van der Waals surface area contributed by atoms with Crippen LogP contribution in [0.2, 0.25) is 0 Å². The predicted octanol–water partition coefficient (Wildman–Crippen LogP) is 2.41. The Labute approximate surface area is 122 Å². The highest BCUT2D eigenvalue weighted by molar-refractivity contribution is 7.89. The number of unbranched alkanes of at least 4 members (excludes halogenated alkanes) is 2. The fourth-order valence-corrected chi connectivity index (χ4v) is 3.42. The lowest BCUT2D eigenvalue weighted by molar-refractivity contribution is 0.573. The molecule has 2 N–H and O–H groups in total. The zero-order valence-corrected chi connectivity index (χ0v) is 12.9. The molecule has 0 aromatic heterocycles. The van der Waals surface area contributed by atoms with E-state index in [0.717, 1.165) is 24.8 Å². The maximum atomic E-state index is 12.3. The van der Waals surface area contributed by atoms with Crippen molar-refractivity contribution in [3.8, 4) is 0 Å². The van der Waals surface area contributed by atoms with Crippen LogP contribution in [-0.2, 0) is 16.6 Å². The van der Waals surface area contributed by atoms with Gasteiger partial charge < -0.3 is 5.32 Å². The van der Waals surface area contributed by atoms with Crippen molar-refractivity contribution in [2.24, 2.45) is 0 Å². The summed E-state index contributed by atoms with van der Waals surface area (Å²) in [4.78, 5) is 0.407. The largest absolute Gasteiger partial charge is 0.310 e. The van der Waals surface area contributed by atoms with Crippen LogP contribution in [0.5, 0.6) is 0 Å². The molecule has 0 saturated heterocycles. The van der Waals surface area contributed by atoms with Crippen molar-refractivity contribution in [1.29, 1.82) is 0 Å². The zero-order valence-electron chi connectivity index (χ0n) is 12.1. The van der Waals surface area contributed by atoms with Crippen LogP contribution in [0.3, 0.4) is 0 Å². The second kappa shape index (κ2) is 7.20. The maximum absolute atomic E-state index is 12.3. The number of rotatable bonds is 9. The summed E-state index contributed by atoms with van der Waals surface area (Å²) in [5, 5.41) is 3.37. The molecular formula is C15H24N2O2S. The SMILES string of the molecule is CCCCCNS(=O)(=O)c1ccccc1CNC1CC1. The third-order valence-electron chi connectivity index (χ3n) is 3.49. The molecule has 0 aliphatic heterocycles. The molecule has 112 valence electrons. The van der Waals surface area contributed by atoms with Gasteiger partial charge in [0, 0.05) is 19.1 Å². The van der Waals surface area contributed by atoms with Crippen LogP contribution >= 0.6 is 0 Å². The first-order chi connectivity index (χ1) is 9.63. The fraction of sp³-hybridized carbons (Fsp3) is 0.600. The summed E-state index contributed by atoms with van der Waals surface area (Å²) in [6.45, 7) is 3.24. The monoisotopic (exact) mass is 296 g/mol. The van der Waals surface area contributed by atoms with E-state index in [9.17, 15) is 8.42 Å². The van der Waals surface area contributed by atoms with Gasteiger partial charge in [0.15, 0.2) is 0 Å². The molecule has 0 radical (unpaired) electrons. The third-order valence-corrected chi connectivity index (χ3v) is 5.05. The molecule has 0 bridgehead atoms. The molecule has 1 saturated carbocycles. The van der Waals surface area contributed by atoms with Crippen molar-refractivity contribution < 1.29 is 8.42 Å². The predicted molar refractivity (Wildman–Crippen MR) is 81.0 cm³/mol. The van der Waals surface area contributed by atoms with Crippen LogP contribution in [0.15, 0.2) is 29.2 Å². The summed E-state index contributed by atoms with van der Waals surface area (Å²) in [5.41, 5.74) is 0.849. The average molecular weight is 296 g/mol. The van der Waals surface area contributed by atoms with Crippen LogP contribution in [0.4, 0.5) is 0 Å². The van der Waals surface area contributed by atoms with Gasteiger partial charge in [-0.3, -0.25) is 0 Å². The average Bonchev–Trinajstić information content (AvgIpc) is 3.26. The Kier molecular flexibility index (Phi) is 5.57. The van der Waals surface area contributed by atoms with Crippen LogP contribution in [0.1, 0.15) is 44.6 Å². The Morgan fingerprint density at radius 3 is 2.65 bits per heavy atom. The maximum Gasteiger partial charge on any atom is 0.240 e. The molecule has 0 spiro atoms. The molecule has 1 aromatic carbocycles. The molecule has 5 heteroatoms. The topological polar surface area (TPSA) is 58.2 Å². The number of hydrogen-bond donors (Lipinski definition) is 2. The molecular weight excluding hydrogens is 272 g/mol. The lowest BCUT2D eigenvalue weighted by Gasteiger charge is -2.12. The highest BCUT2D eigenvalue weighted by Crippen LogP contribution is 2.21. The minimum absolute atomic E-state index is 0.407. The van der Waals surface area contributed by atoms with Crippen molar-refractivity contribution in [3.63, 3.8) is 0 Å². The van der Waals surface area contributed by atoms with E-state index in [4.69, 9.17) is 0 Å². The molecule has 1 aromatic rings. The van der Waals surface area contributed by atoms with Crippen molar-refractivity contribution in [1.82, 2.24) is 10.0 Å². The Morgan fingerprint density at radius 1 is 1.20 bits per heavy atom. The molecule has 1 fully saturated rings. The van der Waals surface area contributed by atoms with E-state index in [0.29, 0.717) is 24.0 Å². The van der Waals surface area contributed by atoms with Crippen molar-refractivity contribution in [2.75, 3.05) is 6.54 Å². The zero-order chi connectivity index (χ0) is 14.4. The Hall–Kier alpha value is -0.910. The summed E-state index contributed by atoms with van der Waals surface area (Å²) in [6, 6.07) is 7.81. The van der Waals surface area contributed by atoms with Crippen molar-refractivity contribution in [2.45, 2.75) is 56.5 Å². The second-order valence-corrected chi connectivity index (χ2v) is 7.10. The molecule has 2 rings (SSSR count). The van der Waals surface area contributed by atoms with Crippen LogP contribution < -0.4 is 10.0 Å². The Bertz CT molecular complexity index is 524. The van der Waals surface area contributed by atoms with Gasteiger partial charge in [0.1, 0.15) is 0 Å². The lowest BCUT2D eigenvalue weighted by atomic mass is 10.2. The number of sulfonamides is 1. The van der Waals surface area contributed by atoms with E-state index < -0.39 is 10.0 Å². The van der Waals surface area contributed by atoms with Gasteiger partial charge in [-0.15, -0.1) is 0 Å². The molecule has 0 amide bonds. The summed E-state index contributed by atoms with van der Waals surface area (Å²) in [6.07, 6.45) is 5.42. The minimum Gasteiger partial charge on any atom is -0.310 e. The molecule has 1 aliphatic carbocycles. The standard InChI is InChI=1S/C15H24N2O2S/c1-2-3-6-11-17-20(18,19)15-8-5-4-7-13(15)12-16-14-9-10-14/h4-5,7-8,14,16-17H,2-3,6,9-12H2,1H3. The third kappa shape index (κ3) is 4.58. The quantitative estimate of drug-likeness (QED) is 0.688. The van der Waals surface area contributed by atoms with Crippen LogP contribution in [0, 0.1) is 0 Å². The summed E-state index contributed by atoms with van der Waals surface area (Å²) < 4.78 is 27.4. The van der Waals surface area contributed by atoms with Gasteiger partial charge in [-0.1, -0.05) is 38.0 Å². The van der Waals surface area contributed by atoms with Gasteiger partial charge in [-0.2, -0.15) is 0 Å². The molecule has 4 nitrogen and oxygen atoms in total. The van der Waals surface area contributed by atoms with E-state index in [2.05, 4.69) is 17.0 Å². The van der Waals surface area contributed by atoms with Crippen LogP contribution in [0.25, 0.3) is 0 Å². The first kappa shape index (κ1) is 15.5. The first-order valence-electron chi connectivity index (χ1n) is 7.44. The second-order valence-electron chi connectivity index (χ2n) is 5.37. The lowest BCUT2D eigenvalue weighted by Crippen LogP contribution is -2.27. The fourth-order valence-electron chi connectivity index (χ4n) is 2.11. The molecule has 20 heavy (non-hydrogen) atoms. The normalized spacial score (nSPS) is 15.4. The first-order valence-corrected chi connectivity index (χ1v) is 8.93. The van der Waals surface area contributed by atoms with Gasteiger partial charge in [-0.05, 0) is 30.9 Å². The number of benzene rings is 1. The number of nitrogens with one attached hydrogen (secondary N) is 2. The van der Waals surface area contributed by atoms with Gasteiger partial charge in [-0.25, -0.2) is 13.1 Å². The van der Waals surface area contributed by atoms with Gasteiger partial charge >= 0.3 is 0 Å². The summed E-state index contributed by atoms with van der Waals surface area (Å²) in [7, 11) is -3.39. The highest BCUT2D eigenvalue weighted by atomic mass is 32.2. The van der Waals surface area contributed by atoms with Gasteiger partial charge in [0.25, 0.3) is 0 Å². The molecule has 0 atom stereocenters.